The minimum absolute atomic E-state index is 0.110. The summed E-state index contributed by atoms with van der Waals surface area (Å²) in [4.78, 5) is 16.6. The molecule has 2 aliphatic rings. The van der Waals surface area contributed by atoms with Crippen LogP contribution in [0.4, 0.5) is 24.5 Å². The normalized spacial score (nSPS) is 19.1. The molecule has 1 amide bonds. The Labute approximate surface area is 181 Å². The zero-order valence-corrected chi connectivity index (χ0v) is 17.3. The molecular formula is C21H17F3N2O2S2. The predicted octanol–water partition coefficient (Wildman–Crippen LogP) is 4.95. The van der Waals surface area contributed by atoms with Crippen LogP contribution >= 0.6 is 24.0 Å². The number of ether oxygens (including phenoxy) is 1. The minimum atomic E-state index is -4.49. The van der Waals surface area contributed by atoms with Crippen molar-refractivity contribution in [2.75, 3.05) is 36.1 Å². The van der Waals surface area contributed by atoms with Crippen LogP contribution in [0.15, 0.2) is 53.4 Å². The lowest BCUT2D eigenvalue weighted by Gasteiger charge is -2.28. The first-order chi connectivity index (χ1) is 14.3. The lowest BCUT2D eigenvalue weighted by molar-refractivity contribution is -0.137. The highest BCUT2D eigenvalue weighted by Crippen LogP contribution is 2.38. The standard InChI is InChI=1S/C21H17F3N2O2S2/c22-21(23,24)15-2-1-3-17(13-15)26-19(27)18(30-20(26)29)12-14-4-6-16(7-5-14)25-8-10-28-11-9-25/h1-7,12-13H,8-11H2/b18-12+. The van der Waals surface area contributed by atoms with E-state index in [4.69, 9.17) is 17.0 Å². The molecule has 0 spiro atoms. The summed E-state index contributed by atoms with van der Waals surface area (Å²) in [7, 11) is 0. The third-order valence-electron chi connectivity index (χ3n) is 4.79. The van der Waals surface area contributed by atoms with Crippen molar-refractivity contribution < 1.29 is 22.7 Å². The highest BCUT2D eigenvalue weighted by atomic mass is 32.2. The molecule has 0 unspecified atom stereocenters. The number of thiocarbonyl (C=S) groups is 1. The molecule has 0 radical (unpaired) electrons. The topological polar surface area (TPSA) is 32.8 Å². The first kappa shape index (κ1) is 20.9. The van der Waals surface area contributed by atoms with Gasteiger partial charge in [0.05, 0.1) is 29.4 Å². The van der Waals surface area contributed by atoms with Crippen LogP contribution in [0, 0.1) is 0 Å². The van der Waals surface area contributed by atoms with E-state index in [1.165, 1.54) is 12.1 Å². The summed E-state index contributed by atoms with van der Waals surface area (Å²) in [5.74, 6) is -0.429. The van der Waals surface area contributed by atoms with Gasteiger partial charge in [-0.15, -0.1) is 0 Å². The van der Waals surface area contributed by atoms with Gasteiger partial charge >= 0.3 is 6.18 Å². The molecule has 0 saturated carbocycles. The highest BCUT2D eigenvalue weighted by Gasteiger charge is 2.36. The third-order valence-corrected chi connectivity index (χ3v) is 6.09. The number of benzene rings is 2. The van der Waals surface area contributed by atoms with E-state index in [0.717, 1.165) is 53.1 Å². The summed E-state index contributed by atoms with van der Waals surface area (Å²) >= 11 is 6.34. The van der Waals surface area contributed by atoms with Gasteiger partial charge in [-0.25, -0.2) is 0 Å². The number of alkyl halides is 3. The van der Waals surface area contributed by atoms with Crippen LogP contribution in [0.25, 0.3) is 6.08 Å². The zero-order chi connectivity index (χ0) is 21.3. The van der Waals surface area contributed by atoms with E-state index < -0.39 is 17.6 Å². The molecule has 2 aromatic carbocycles. The van der Waals surface area contributed by atoms with E-state index in [2.05, 4.69) is 4.90 Å². The Hall–Kier alpha value is -2.36. The molecule has 0 aromatic heterocycles. The van der Waals surface area contributed by atoms with E-state index in [1.54, 1.807) is 6.08 Å². The fourth-order valence-corrected chi connectivity index (χ4v) is 4.56. The summed E-state index contributed by atoms with van der Waals surface area (Å²) in [6.07, 6.45) is -2.79. The number of rotatable bonds is 3. The summed E-state index contributed by atoms with van der Waals surface area (Å²) in [5.41, 5.74) is 1.18. The molecule has 30 heavy (non-hydrogen) atoms. The second kappa shape index (κ2) is 8.41. The largest absolute Gasteiger partial charge is 0.416 e. The lowest BCUT2D eigenvalue weighted by Crippen LogP contribution is -2.36. The number of anilines is 2. The monoisotopic (exact) mass is 450 g/mol. The molecule has 4 rings (SSSR count). The molecule has 4 nitrogen and oxygen atoms in total. The van der Waals surface area contributed by atoms with Crippen molar-refractivity contribution >= 4 is 51.7 Å². The van der Waals surface area contributed by atoms with Crippen LogP contribution in [0.1, 0.15) is 11.1 Å². The molecule has 2 heterocycles. The number of hydrogen-bond acceptors (Lipinski definition) is 5. The minimum Gasteiger partial charge on any atom is -0.378 e. The number of carbonyl (C=O) groups excluding carboxylic acids is 1. The van der Waals surface area contributed by atoms with Gasteiger partial charge in [0.1, 0.15) is 0 Å². The average Bonchev–Trinajstić information content (AvgIpc) is 3.01. The number of halogens is 3. The summed E-state index contributed by atoms with van der Waals surface area (Å²) in [5, 5.41) is 0. The van der Waals surface area contributed by atoms with Crippen LogP contribution < -0.4 is 9.80 Å². The number of carbonyl (C=O) groups is 1. The molecule has 0 N–H and O–H groups in total. The fraction of sp³-hybridized carbons (Fsp3) is 0.238. The van der Waals surface area contributed by atoms with Crippen molar-refractivity contribution in [1.29, 1.82) is 0 Å². The molecule has 0 bridgehead atoms. The van der Waals surface area contributed by atoms with Crippen LogP contribution in [0.2, 0.25) is 0 Å². The number of hydrogen-bond donors (Lipinski definition) is 0. The smallest absolute Gasteiger partial charge is 0.378 e. The van der Waals surface area contributed by atoms with Gasteiger partial charge < -0.3 is 9.64 Å². The second-order valence-corrected chi connectivity index (χ2v) is 8.43. The summed E-state index contributed by atoms with van der Waals surface area (Å²) in [6, 6.07) is 12.4. The van der Waals surface area contributed by atoms with E-state index in [-0.39, 0.29) is 10.0 Å². The maximum Gasteiger partial charge on any atom is 0.416 e. The van der Waals surface area contributed by atoms with E-state index in [9.17, 15) is 18.0 Å². The number of morpholine rings is 1. The van der Waals surface area contributed by atoms with Gasteiger partial charge in [0, 0.05) is 18.8 Å². The first-order valence-corrected chi connectivity index (χ1v) is 10.4. The molecule has 2 aromatic rings. The van der Waals surface area contributed by atoms with Crippen molar-refractivity contribution in [2.24, 2.45) is 0 Å². The SMILES string of the molecule is O=C1/C(=C\c2ccc(N3CCOCC3)cc2)SC(=S)N1c1cccc(C(F)(F)F)c1. The molecule has 0 aliphatic carbocycles. The van der Waals surface area contributed by atoms with Gasteiger partial charge in [-0.05, 0) is 42.0 Å². The van der Waals surface area contributed by atoms with Crippen LogP contribution in [-0.4, -0.2) is 36.5 Å². The number of thioether (sulfide) groups is 1. The maximum atomic E-state index is 13.0. The van der Waals surface area contributed by atoms with Crippen LogP contribution in [0.5, 0.6) is 0 Å². The van der Waals surface area contributed by atoms with Gasteiger partial charge in [-0.3, -0.25) is 9.69 Å². The molecule has 156 valence electrons. The molecule has 2 saturated heterocycles. The van der Waals surface area contributed by atoms with Crippen molar-refractivity contribution in [3.8, 4) is 0 Å². The maximum absolute atomic E-state index is 13.0. The van der Waals surface area contributed by atoms with Gasteiger partial charge in [0.2, 0.25) is 0 Å². The van der Waals surface area contributed by atoms with Crippen LogP contribution in [0.3, 0.4) is 0 Å². The van der Waals surface area contributed by atoms with Gasteiger partial charge in [-0.1, -0.05) is 42.2 Å². The Morgan fingerprint density at radius 2 is 1.73 bits per heavy atom. The van der Waals surface area contributed by atoms with Crippen molar-refractivity contribution in [1.82, 2.24) is 0 Å². The highest BCUT2D eigenvalue weighted by molar-refractivity contribution is 8.27. The van der Waals surface area contributed by atoms with Crippen molar-refractivity contribution in [3.05, 3.63) is 64.6 Å². The van der Waals surface area contributed by atoms with Crippen LogP contribution in [-0.2, 0) is 15.7 Å². The quantitative estimate of drug-likeness (QED) is 0.488. The number of amides is 1. The Kier molecular flexibility index (Phi) is 5.86. The average molecular weight is 451 g/mol. The molecule has 2 fully saturated rings. The predicted molar refractivity (Wildman–Crippen MR) is 117 cm³/mol. The Balaban J connectivity index is 1.54. The Morgan fingerprint density at radius 3 is 2.40 bits per heavy atom. The lowest BCUT2D eigenvalue weighted by atomic mass is 10.1. The first-order valence-electron chi connectivity index (χ1n) is 9.21. The summed E-state index contributed by atoms with van der Waals surface area (Å²) in [6.45, 7) is 3.05. The van der Waals surface area contributed by atoms with E-state index in [0.29, 0.717) is 18.1 Å². The van der Waals surface area contributed by atoms with Crippen molar-refractivity contribution in [2.45, 2.75) is 6.18 Å². The second-order valence-electron chi connectivity index (χ2n) is 6.76. The molecular weight excluding hydrogens is 433 g/mol. The molecule has 2 aliphatic heterocycles. The molecule has 9 heteroatoms. The molecule has 0 atom stereocenters. The van der Waals surface area contributed by atoms with Gasteiger partial charge in [0.15, 0.2) is 4.32 Å². The third kappa shape index (κ3) is 4.38. The zero-order valence-electron chi connectivity index (χ0n) is 15.7. The number of nitrogens with zero attached hydrogens (tertiary/aromatic N) is 2. The van der Waals surface area contributed by atoms with Gasteiger partial charge in [-0.2, -0.15) is 13.2 Å². The fourth-order valence-electron chi connectivity index (χ4n) is 3.27. The van der Waals surface area contributed by atoms with E-state index in [1.807, 2.05) is 24.3 Å². The Bertz CT molecular complexity index is 1000. The summed E-state index contributed by atoms with van der Waals surface area (Å²) < 4.78 is 44.6. The van der Waals surface area contributed by atoms with Crippen molar-refractivity contribution in [3.63, 3.8) is 0 Å². The van der Waals surface area contributed by atoms with E-state index >= 15 is 0 Å². The Morgan fingerprint density at radius 1 is 1.03 bits per heavy atom. The van der Waals surface area contributed by atoms with Gasteiger partial charge in [0.25, 0.3) is 5.91 Å².